The Bertz CT molecular complexity index is 667. The third kappa shape index (κ3) is 3.07. The molecule has 1 heterocycles. The maximum absolute atomic E-state index is 13.1. The Labute approximate surface area is 118 Å². The van der Waals surface area contributed by atoms with E-state index in [2.05, 4.69) is 9.72 Å². The van der Waals surface area contributed by atoms with E-state index in [9.17, 15) is 18.0 Å². The minimum absolute atomic E-state index is 0.0210. The number of carbonyl (C=O) groups excluding carboxylic acids is 1. The van der Waals surface area contributed by atoms with E-state index in [4.69, 9.17) is 4.42 Å². The number of carbonyl (C=O) groups is 1. The molecule has 1 aromatic carbocycles. The van der Waals surface area contributed by atoms with E-state index < -0.39 is 29.7 Å². The number of rotatable bonds is 4. The van der Waals surface area contributed by atoms with E-state index in [1.807, 2.05) is 0 Å². The van der Waals surface area contributed by atoms with Crippen molar-refractivity contribution in [1.82, 2.24) is 4.98 Å². The predicted molar refractivity (Wildman–Crippen MR) is 67.5 cm³/mol. The van der Waals surface area contributed by atoms with Gasteiger partial charge in [-0.3, -0.25) is 0 Å². The van der Waals surface area contributed by atoms with Crippen LogP contribution in [0.3, 0.4) is 0 Å². The lowest BCUT2D eigenvalue weighted by Gasteiger charge is -2.01. The average molecular weight is 299 g/mol. The molecule has 0 N–H and O–H groups in total. The average Bonchev–Trinajstić information content (AvgIpc) is 2.84. The molecular formula is C14H12F3NO3. The van der Waals surface area contributed by atoms with Gasteiger partial charge in [0.15, 0.2) is 5.69 Å². The van der Waals surface area contributed by atoms with Gasteiger partial charge >= 0.3 is 5.97 Å². The Morgan fingerprint density at radius 1 is 1.43 bits per heavy atom. The molecule has 0 amide bonds. The summed E-state index contributed by atoms with van der Waals surface area (Å²) in [7, 11) is 0. The number of ether oxygens (including phenoxy) is 1. The van der Waals surface area contributed by atoms with Crippen molar-refractivity contribution >= 4 is 5.97 Å². The second kappa shape index (κ2) is 5.99. The molecule has 0 unspecified atom stereocenters. The standard InChI is InChI=1S/C14H12F3NO3/c1-3-20-14(19)11-10(12(16)17)18-13(21-11)9-5-4-8(15)6-7(9)2/h4-6,12H,3H2,1-2H3. The topological polar surface area (TPSA) is 52.3 Å². The van der Waals surface area contributed by atoms with Crippen LogP contribution in [0.5, 0.6) is 0 Å². The molecule has 7 heteroatoms. The summed E-state index contributed by atoms with van der Waals surface area (Å²) >= 11 is 0. The fourth-order valence-electron chi connectivity index (χ4n) is 1.80. The van der Waals surface area contributed by atoms with Gasteiger partial charge in [-0.1, -0.05) is 0 Å². The highest BCUT2D eigenvalue weighted by atomic mass is 19.3. The number of oxazole rings is 1. The summed E-state index contributed by atoms with van der Waals surface area (Å²) < 4.78 is 48.7. The highest BCUT2D eigenvalue weighted by Crippen LogP contribution is 2.30. The lowest BCUT2D eigenvalue weighted by molar-refractivity contribution is 0.0476. The lowest BCUT2D eigenvalue weighted by atomic mass is 10.1. The number of benzene rings is 1. The highest BCUT2D eigenvalue weighted by molar-refractivity contribution is 5.88. The Hall–Kier alpha value is -2.31. The van der Waals surface area contributed by atoms with Crippen LogP contribution in [0, 0.1) is 12.7 Å². The van der Waals surface area contributed by atoms with Crippen molar-refractivity contribution in [3.63, 3.8) is 0 Å². The largest absolute Gasteiger partial charge is 0.460 e. The number of esters is 1. The minimum atomic E-state index is -2.98. The van der Waals surface area contributed by atoms with Gasteiger partial charge in [0.1, 0.15) is 5.82 Å². The number of nitrogens with zero attached hydrogens (tertiary/aromatic N) is 1. The molecular weight excluding hydrogens is 287 g/mol. The van der Waals surface area contributed by atoms with Crippen LogP contribution in [0.4, 0.5) is 13.2 Å². The monoisotopic (exact) mass is 299 g/mol. The zero-order valence-electron chi connectivity index (χ0n) is 11.3. The van der Waals surface area contributed by atoms with E-state index in [0.29, 0.717) is 11.1 Å². The molecule has 0 saturated carbocycles. The molecule has 0 bridgehead atoms. The van der Waals surface area contributed by atoms with Gasteiger partial charge in [-0.05, 0) is 37.6 Å². The molecule has 2 aromatic rings. The third-order valence-electron chi connectivity index (χ3n) is 2.74. The zero-order chi connectivity index (χ0) is 15.6. The van der Waals surface area contributed by atoms with Gasteiger partial charge in [0, 0.05) is 5.56 Å². The number of alkyl halides is 2. The molecule has 0 saturated heterocycles. The summed E-state index contributed by atoms with van der Waals surface area (Å²) in [6.45, 7) is 3.14. The summed E-state index contributed by atoms with van der Waals surface area (Å²) in [5.41, 5.74) is -0.00602. The third-order valence-corrected chi connectivity index (χ3v) is 2.74. The minimum Gasteiger partial charge on any atom is -0.460 e. The van der Waals surface area contributed by atoms with Crippen molar-refractivity contribution < 1.29 is 27.1 Å². The van der Waals surface area contributed by atoms with E-state index in [0.717, 1.165) is 6.07 Å². The Kier molecular flexibility index (Phi) is 4.30. The second-order valence-electron chi connectivity index (χ2n) is 4.21. The Morgan fingerprint density at radius 2 is 2.14 bits per heavy atom. The van der Waals surface area contributed by atoms with Gasteiger partial charge in [0.2, 0.25) is 11.7 Å². The van der Waals surface area contributed by atoms with E-state index in [1.54, 1.807) is 13.8 Å². The first-order chi connectivity index (χ1) is 9.93. The summed E-state index contributed by atoms with van der Waals surface area (Å²) in [5, 5.41) is 0. The van der Waals surface area contributed by atoms with Crippen LogP contribution < -0.4 is 0 Å². The first-order valence-corrected chi connectivity index (χ1v) is 6.16. The molecule has 2 rings (SSSR count). The van der Waals surface area contributed by atoms with Crippen LogP contribution in [0.1, 0.15) is 35.2 Å². The molecule has 0 fully saturated rings. The number of aromatic nitrogens is 1. The van der Waals surface area contributed by atoms with Crippen LogP contribution in [0.2, 0.25) is 0 Å². The van der Waals surface area contributed by atoms with Crippen LogP contribution in [-0.2, 0) is 4.74 Å². The van der Waals surface area contributed by atoms with Gasteiger partial charge in [-0.15, -0.1) is 0 Å². The van der Waals surface area contributed by atoms with Gasteiger partial charge in [-0.2, -0.15) is 0 Å². The van der Waals surface area contributed by atoms with Crippen molar-refractivity contribution in [3.05, 3.63) is 41.0 Å². The fraction of sp³-hybridized carbons (Fsp3) is 0.286. The number of aryl methyl sites for hydroxylation is 1. The highest BCUT2D eigenvalue weighted by Gasteiger charge is 2.28. The van der Waals surface area contributed by atoms with Gasteiger partial charge < -0.3 is 9.15 Å². The molecule has 0 aliphatic rings. The van der Waals surface area contributed by atoms with Crippen LogP contribution in [0.15, 0.2) is 22.6 Å². The number of hydrogen-bond donors (Lipinski definition) is 0. The normalized spacial score (nSPS) is 11.0. The maximum Gasteiger partial charge on any atom is 0.376 e. The van der Waals surface area contributed by atoms with Crippen molar-refractivity contribution in [2.75, 3.05) is 6.61 Å². The Balaban J connectivity index is 2.51. The van der Waals surface area contributed by atoms with Gasteiger partial charge in [-0.25, -0.2) is 22.9 Å². The smallest absolute Gasteiger partial charge is 0.376 e. The Morgan fingerprint density at radius 3 is 2.71 bits per heavy atom. The van der Waals surface area contributed by atoms with E-state index in [-0.39, 0.29) is 12.5 Å². The molecule has 0 atom stereocenters. The van der Waals surface area contributed by atoms with Gasteiger partial charge in [0.05, 0.1) is 6.61 Å². The molecule has 1 aromatic heterocycles. The summed E-state index contributed by atoms with van der Waals surface area (Å²) in [6.07, 6.45) is -2.98. The molecule has 21 heavy (non-hydrogen) atoms. The second-order valence-corrected chi connectivity index (χ2v) is 4.21. The molecule has 4 nitrogen and oxygen atoms in total. The maximum atomic E-state index is 13.1. The van der Waals surface area contributed by atoms with E-state index in [1.165, 1.54) is 12.1 Å². The lowest BCUT2D eigenvalue weighted by Crippen LogP contribution is -2.06. The molecule has 0 radical (unpaired) electrons. The van der Waals surface area contributed by atoms with Crippen molar-refractivity contribution in [2.45, 2.75) is 20.3 Å². The van der Waals surface area contributed by atoms with Crippen LogP contribution in [-0.4, -0.2) is 17.6 Å². The first-order valence-electron chi connectivity index (χ1n) is 6.16. The quantitative estimate of drug-likeness (QED) is 0.803. The first kappa shape index (κ1) is 15.1. The number of hydrogen-bond acceptors (Lipinski definition) is 4. The van der Waals surface area contributed by atoms with Crippen molar-refractivity contribution in [3.8, 4) is 11.5 Å². The molecule has 0 aliphatic heterocycles. The van der Waals surface area contributed by atoms with Gasteiger partial charge in [0.25, 0.3) is 6.43 Å². The van der Waals surface area contributed by atoms with Crippen molar-refractivity contribution in [1.29, 1.82) is 0 Å². The SMILES string of the molecule is CCOC(=O)c1oc(-c2ccc(F)cc2C)nc1C(F)F. The fourth-order valence-corrected chi connectivity index (χ4v) is 1.80. The number of halogens is 3. The predicted octanol–water partition coefficient (Wildman–Crippen LogP) is 3.90. The summed E-state index contributed by atoms with van der Waals surface area (Å²) in [4.78, 5) is 15.2. The zero-order valence-corrected chi connectivity index (χ0v) is 11.3. The molecule has 0 spiro atoms. The molecule has 112 valence electrons. The van der Waals surface area contributed by atoms with Crippen LogP contribution in [0.25, 0.3) is 11.5 Å². The van der Waals surface area contributed by atoms with Crippen LogP contribution >= 0.6 is 0 Å². The van der Waals surface area contributed by atoms with Crippen molar-refractivity contribution in [2.24, 2.45) is 0 Å². The summed E-state index contributed by atoms with van der Waals surface area (Å²) in [5.74, 6) is -2.29. The van der Waals surface area contributed by atoms with E-state index >= 15 is 0 Å². The molecule has 0 aliphatic carbocycles. The summed E-state index contributed by atoms with van der Waals surface area (Å²) in [6, 6.07) is 3.71.